The van der Waals surface area contributed by atoms with Crippen molar-refractivity contribution in [1.82, 2.24) is 4.90 Å². The number of carbonyl (C=O) groups is 1. The number of esters is 1. The molecule has 1 aromatic carbocycles. The molecule has 20 heavy (non-hydrogen) atoms. The Labute approximate surface area is 120 Å². The van der Waals surface area contributed by atoms with Crippen LogP contribution >= 0.6 is 0 Å². The van der Waals surface area contributed by atoms with Crippen molar-refractivity contribution < 1.29 is 14.3 Å². The lowest BCUT2D eigenvalue weighted by atomic mass is 10.1. The van der Waals surface area contributed by atoms with Gasteiger partial charge in [-0.05, 0) is 5.56 Å². The third-order valence-electron chi connectivity index (χ3n) is 3.54. The van der Waals surface area contributed by atoms with Crippen molar-refractivity contribution in [2.24, 2.45) is 0 Å². The van der Waals surface area contributed by atoms with Crippen LogP contribution < -0.4 is 0 Å². The highest BCUT2D eigenvalue weighted by Crippen LogP contribution is 2.22. The van der Waals surface area contributed by atoms with E-state index in [4.69, 9.17) is 9.47 Å². The van der Waals surface area contributed by atoms with Gasteiger partial charge in [0.15, 0.2) is 0 Å². The number of nitrogens with zero attached hydrogens (tertiary/aromatic N) is 1. The molecule has 1 fully saturated rings. The molecule has 0 N–H and O–H groups in total. The zero-order valence-electron chi connectivity index (χ0n) is 12.1. The number of hydrogen-bond donors (Lipinski definition) is 0. The second-order valence-electron chi connectivity index (χ2n) is 4.99. The minimum Gasteiger partial charge on any atom is -0.457 e. The van der Waals surface area contributed by atoms with E-state index >= 15 is 0 Å². The Balaban J connectivity index is 1.93. The van der Waals surface area contributed by atoms with Crippen molar-refractivity contribution >= 4 is 5.97 Å². The number of benzene rings is 1. The van der Waals surface area contributed by atoms with E-state index in [0.717, 1.165) is 44.8 Å². The molecule has 0 amide bonds. The van der Waals surface area contributed by atoms with Gasteiger partial charge in [-0.15, -0.1) is 0 Å². The second kappa shape index (κ2) is 8.02. The lowest BCUT2D eigenvalue weighted by molar-refractivity contribution is -0.149. The molecule has 0 bridgehead atoms. The van der Waals surface area contributed by atoms with Gasteiger partial charge in [0.2, 0.25) is 0 Å². The molecule has 1 heterocycles. The molecule has 0 radical (unpaired) electrons. The van der Waals surface area contributed by atoms with Crippen LogP contribution in [0.1, 0.15) is 31.4 Å². The van der Waals surface area contributed by atoms with Crippen molar-refractivity contribution in [3.8, 4) is 0 Å². The summed E-state index contributed by atoms with van der Waals surface area (Å²) in [6, 6.07) is 9.98. The summed E-state index contributed by atoms with van der Waals surface area (Å²) >= 11 is 0. The predicted octanol–water partition coefficient (Wildman–Crippen LogP) is 2.40. The standard InChI is InChI=1S/C16H23NO3/c1-2-16(18)20-15(14-6-4-3-5-7-14)8-9-17-10-12-19-13-11-17/h3-7,15H,2,8-13H2,1H3. The van der Waals surface area contributed by atoms with Crippen LogP contribution in [0.5, 0.6) is 0 Å². The first kappa shape index (κ1) is 15.0. The maximum atomic E-state index is 11.6. The minimum absolute atomic E-state index is 0.138. The van der Waals surface area contributed by atoms with Crippen LogP contribution in [0.3, 0.4) is 0 Å². The van der Waals surface area contributed by atoms with Crippen LogP contribution in [0, 0.1) is 0 Å². The molecular weight excluding hydrogens is 254 g/mol. The van der Waals surface area contributed by atoms with E-state index in [2.05, 4.69) is 4.90 Å². The highest BCUT2D eigenvalue weighted by Gasteiger charge is 2.18. The monoisotopic (exact) mass is 277 g/mol. The molecule has 0 spiro atoms. The van der Waals surface area contributed by atoms with Crippen molar-refractivity contribution in [1.29, 1.82) is 0 Å². The summed E-state index contributed by atoms with van der Waals surface area (Å²) in [6.45, 7) is 6.27. The molecule has 1 atom stereocenters. The molecule has 1 saturated heterocycles. The third-order valence-corrected chi connectivity index (χ3v) is 3.54. The van der Waals surface area contributed by atoms with E-state index in [1.54, 1.807) is 0 Å². The summed E-state index contributed by atoms with van der Waals surface area (Å²) in [4.78, 5) is 14.0. The first-order valence-electron chi connectivity index (χ1n) is 7.34. The molecule has 110 valence electrons. The summed E-state index contributed by atoms with van der Waals surface area (Å²) in [6.07, 6.45) is 1.10. The fourth-order valence-corrected chi connectivity index (χ4v) is 2.33. The SMILES string of the molecule is CCC(=O)OC(CCN1CCOCC1)c1ccccc1. The molecule has 0 aromatic heterocycles. The van der Waals surface area contributed by atoms with Crippen molar-refractivity contribution in [2.45, 2.75) is 25.9 Å². The third kappa shape index (κ3) is 4.62. The van der Waals surface area contributed by atoms with E-state index in [0.29, 0.717) is 6.42 Å². The van der Waals surface area contributed by atoms with Crippen LogP contribution in [-0.4, -0.2) is 43.7 Å². The average Bonchev–Trinajstić information content (AvgIpc) is 2.53. The topological polar surface area (TPSA) is 38.8 Å². The van der Waals surface area contributed by atoms with E-state index < -0.39 is 0 Å². The Morgan fingerprint density at radius 1 is 1.30 bits per heavy atom. The Hall–Kier alpha value is -1.39. The van der Waals surface area contributed by atoms with E-state index in [-0.39, 0.29) is 12.1 Å². The molecule has 0 saturated carbocycles. The molecule has 1 unspecified atom stereocenters. The van der Waals surface area contributed by atoms with Gasteiger partial charge in [-0.1, -0.05) is 37.3 Å². The van der Waals surface area contributed by atoms with Gasteiger partial charge in [-0.25, -0.2) is 0 Å². The number of hydrogen-bond acceptors (Lipinski definition) is 4. The summed E-state index contributed by atoms with van der Waals surface area (Å²) in [5, 5.41) is 0. The van der Waals surface area contributed by atoms with Gasteiger partial charge < -0.3 is 9.47 Å². The van der Waals surface area contributed by atoms with Gasteiger partial charge in [0, 0.05) is 32.5 Å². The van der Waals surface area contributed by atoms with Crippen molar-refractivity contribution in [3.05, 3.63) is 35.9 Å². The van der Waals surface area contributed by atoms with E-state index in [1.807, 2.05) is 37.3 Å². The van der Waals surface area contributed by atoms with Gasteiger partial charge in [-0.2, -0.15) is 0 Å². The largest absolute Gasteiger partial charge is 0.457 e. The Morgan fingerprint density at radius 3 is 2.65 bits per heavy atom. The van der Waals surface area contributed by atoms with Gasteiger partial charge in [0.1, 0.15) is 6.10 Å². The second-order valence-corrected chi connectivity index (χ2v) is 4.99. The van der Waals surface area contributed by atoms with Crippen LogP contribution in [0.25, 0.3) is 0 Å². The molecule has 0 aliphatic carbocycles. The van der Waals surface area contributed by atoms with Gasteiger partial charge in [0.25, 0.3) is 0 Å². The van der Waals surface area contributed by atoms with Crippen molar-refractivity contribution in [2.75, 3.05) is 32.8 Å². The van der Waals surface area contributed by atoms with E-state index in [9.17, 15) is 4.79 Å². The highest BCUT2D eigenvalue weighted by molar-refractivity contribution is 5.69. The normalized spacial score (nSPS) is 17.6. The van der Waals surface area contributed by atoms with Gasteiger partial charge in [-0.3, -0.25) is 9.69 Å². The highest BCUT2D eigenvalue weighted by atomic mass is 16.5. The van der Waals surface area contributed by atoms with Crippen LogP contribution in [-0.2, 0) is 14.3 Å². The molecule has 1 aliphatic heterocycles. The number of carbonyl (C=O) groups excluding carboxylic acids is 1. The summed E-state index contributed by atoms with van der Waals surface area (Å²) in [7, 11) is 0. The summed E-state index contributed by atoms with van der Waals surface area (Å²) < 4.78 is 10.9. The van der Waals surface area contributed by atoms with Gasteiger partial charge >= 0.3 is 5.97 Å². The van der Waals surface area contributed by atoms with Crippen LogP contribution in [0.15, 0.2) is 30.3 Å². The Bertz CT molecular complexity index is 401. The average molecular weight is 277 g/mol. The zero-order valence-corrected chi connectivity index (χ0v) is 12.1. The number of morpholine rings is 1. The molecular formula is C16H23NO3. The fraction of sp³-hybridized carbons (Fsp3) is 0.562. The fourth-order valence-electron chi connectivity index (χ4n) is 2.33. The number of ether oxygens (including phenoxy) is 2. The lowest BCUT2D eigenvalue weighted by Crippen LogP contribution is -2.37. The summed E-state index contributed by atoms with van der Waals surface area (Å²) in [5.41, 5.74) is 1.07. The summed E-state index contributed by atoms with van der Waals surface area (Å²) in [5.74, 6) is -0.138. The lowest BCUT2D eigenvalue weighted by Gasteiger charge is -2.28. The number of rotatable bonds is 6. The van der Waals surface area contributed by atoms with Crippen LogP contribution in [0.4, 0.5) is 0 Å². The molecule has 4 heteroatoms. The molecule has 1 aromatic rings. The smallest absolute Gasteiger partial charge is 0.306 e. The van der Waals surface area contributed by atoms with Crippen molar-refractivity contribution in [3.63, 3.8) is 0 Å². The maximum absolute atomic E-state index is 11.6. The predicted molar refractivity (Wildman–Crippen MR) is 77.4 cm³/mol. The molecule has 2 rings (SSSR count). The van der Waals surface area contributed by atoms with Gasteiger partial charge in [0.05, 0.1) is 13.2 Å². The first-order chi connectivity index (χ1) is 9.79. The maximum Gasteiger partial charge on any atom is 0.306 e. The molecule has 1 aliphatic rings. The van der Waals surface area contributed by atoms with E-state index in [1.165, 1.54) is 0 Å². The Kier molecular flexibility index (Phi) is 6.02. The quantitative estimate of drug-likeness (QED) is 0.749. The molecule has 4 nitrogen and oxygen atoms in total. The minimum atomic E-state index is -0.147. The first-order valence-corrected chi connectivity index (χ1v) is 7.34. The van der Waals surface area contributed by atoms with Crippen LogP contribution in [0.2, 0.25) is 0 Å². The zero-order chi connectivity index (χ0) is 14.2. The Morgan fingerprint density at radius 2 is 2.00 bits per heavy atom.